The van der Waals surface area contributed by atoms with Crippen molar-refractivity contribution in [2.75, 3.05) is 0 Å². The van der Waals surface area contributed by atoms with E-state index in [1.807, 2.05) is 12.1 Å². The number of carbonyl (C=O) groups excluding carboxylic acids is 1. The molecule has 0 atom stereocenters. The minimum atomic E-state index is -0.462. The van der Waals surface area contributed by atoms with E-state index < -0.39 is 11.6 Å². The molecule has 0 fully saturated rings. The Kier molecular flexibility index (Phi) is 4.95. The molecule has 0 spiro atoms. The van der Waals surface area contributed by atoms with Crippen LogP contribution in [-0.4, -0.2) is 11.0 Å². The zero-order chi connectivity index (χ0) is 19.5. The molecule has 2 aromatic carbocycles. The van der Waals surface area contributed by atoms with Crippen molar-refractivity contribution >= 4 is 28.5 Å². The molecule has 0 amide bonds. The molecular weight excluding hydrogens is 382 g/mol. The van der Waals surface area contributed by atoms with Crippen molar-refractivity contribution in [1.82, 2.24) is 4.98 Å². The minimum Gasteiger partial charge on any atom is -0.441 e. The van der Waals surface area contributed by atoms with Gasteiger partial charge in [-0.1, -0.05) is 11.6 Å². The number of esters is 1. The molecule has 2 aromatic heterocycles. The molecule has 140 valence electrons. The van der Waals surface area contributed by atoms with E-state index in [0.29, 0.717) is 34.4 Å². The lowest BCUT2D eigenvalue weighted by atomic mass is 10.2. The highest BCUT2D eigenvalue weighted by Gasteiger charge is 2.11. The van der Waals surface area contributed by atoms with Crippen LogP contribution < -0.4 is 10.4 Å². The molecule has 0 unspecified atom stereocenters. The molecule has 6 nitrogen and oxygen atoms in total. The van der Waals surface area contributed by atoms with Gasteiger partial charge >= 0.3 is 11.6 Å². The Morgan fingerprint density at radius 1 is 1.04 bits per heavy atom. The predicted octanol–water partition coefficient (Wildman–Crippen LogP) is 4.64. The van der Waals surface area contributed by atoms with Crippen LogP contribution >= 0.6 is 11.6 Å². The Hall–Kier alpha value is -3.38. The first-order valence-corrected chi connectivity index (χ1v) is 8.90. The molecule has 2 heterocycles. The molecule has 4 aromatic rings. The molecule has 28 heavy (non-hydrogen) atoms. The smallest absolute Gasteiger partial charge is 0.336 e. The number of ether oxygens (including phenoxy) is 1. The zero-order valence-electron chi connectivity index (χ0n) is 14.6. The summed E-state index contributed by atoms with van der Waals surface area (Å²) in [5.74, 6) is 0.904. The summed E-state index contributed by atoms with van der Waals surface area (Å²) in [6.45, 7) is 0. The number of hydrogen-bond donors (Lipinski definition) is 0. The van der Waals surface area contributed by atoms with Gasteiger partial charge < -0.3 is 13.6 Å². The number of fused-ring (bicyclic) bond motifs is 1. The third kappa shape index (κ3) is 4.13. The van der Waals surface area contributed by atoms with Gasteiger partial charge in [-0.15, -0.1) is 0 Å². The fraction of sp³-hybridized carbons (Fsp3) is 0.0952. The lowest BCUT2D eigenvalue weighted by Crippen LogP contribution is -2.09. The van der Waals surface area contributed by atoms with Crippen molar-refractivity contribution in [3.05, 3.63) is 82.1 Å². The second-order valence-corrected chi connectivity index (χ2v) is 6.49. The first-order valence-electron chi connectivity index (χ1n) is 8.52. The Morgan fingerprint density at radius 3 is 2.64 bits per heavy atom. The normalized spacial score (nSPS) is 10.9. The first-order chi connectivity index (χ1) is 13.6. The first kappa shape index (κ1) is 18.0. The molecule has 0 bridgehead atoms. The molecule has 7 heteroatoms. The van der Waals surface area contributed by atoms with Crippen molar-refractivity contribution < 1.29 is 18.4 Å². The summed E-state index contributed by atoms with van der Waals surface area (Å²) in [6, 6.07) is 15.0. The number of nitrogens with zero attached hydrogens (tertiary/aromatic N) is 1. The Bertz CT molecular complexity index is 1190. The van der Waals surface area contributed by atoms with E-state index in [1.54, 1.807) is 36.5 Å². The van der Waals surface area contributed by atoms with Crippen LogP contribution in [0.3, 0.4) is 0 Å². The van der Waals surface area contributed by atoms with E-state index in [9.17, 15) is 9.59 Å². The highest BCUT2D eigenvalue weighted by molar-refractivity contribution is 6.30. The summed E-state index contributed by atoms with van der Waals surface area (Å²) >= 11 is 5.88. The monoisotopic (exact) mass is 395 g/mol. The molecular formula is C21H14ClNO5. The summed E-state index contributed by atoms with van der Waals surface area (Å²) in [6.07, 6.45) is 2.00. The zero-order valence-corrected chi connectivity index (χ0v) is 15.3. The highest BCUT2D eigenvalue weighted by Crippen LogP contribution is 2.23. The summed E-state index contributed by atoms with van der Waals surface area (Å²) in [4.78, 5) is 27.6. The summed E-state index contributed by atoms with van der Waals surface area (Å²) < 4.78 is 16.1. The Balaban J connectivity index is 1.38. The largest absolute Gasteiger partial charge is 0.441 e. The fourth-order valence-corrected chi connectivity index (χ4v) is 2.80. The molecule has 0 saturated heterocycles. The van der Waals surface area contributed by atoms with Crippen molar-refractivity contribution in [2.24, 2.45) is 0 Å². The minimum absolute atomic E-state index is 0.0946. The molecule has 0 radical (unpaired) electrons. The second kappa shape index (κ2) is 7.70. The summed E-state index contributed by atoms with van der Waals surface area (Å²) in [5, 5.41) is 1.38. The van der Waals surface area contributed by atoms with Crippen molar-refractivity contribution in [3.8, 4) is 17.1 Å². The third-order valence-corrected chi connectivity index (χ3v) is 4.30. The van der Waals surface area contributed by atoms with Crippen molar-refractivity contribution in [2.45, 2.75) is 12.8 Å². The van der Waals surface area contributed by atoms with Gasteiger partial charge in [0.1, 0.15) is 11.3 Å². The van der Waals surface area contributed by atoms with E-state index >= 15 is 0 Å². The topological polar surface area (TPSA) is 82.5 Å². The average molecular weight is 396 g/mol. The predicted molar refractivity (Wildman–Crippen MR) is 103 cm³/mol. The van der Waals surface area contributed by atoms with E-state index in [2.05, 4.69) is 4.98 Å². The van der Waals surface area contributed by atoms with Gasteiger partial charge in [0.2, 0.25) is 0 Å². The quantitative estimate of drug-likeness (QED) is 0.278. The van der Waals surface area contributed by atoms with Crippen molar-refractivity contribution in [3.63, 3.8) is 0 Å². The van der Waals surface area contributed by atoms with Crippen LogP contribution in [0.15, 0.2) is 74.4 Å². The van der Waals surface area contributed by atoms with Gasteiger partial charge in [-0.05, 0) is 42.5 Å². The third-order valence-electron chi connectivity index (χ3n) is 4.05. The van der Waals surface area contributed by atoms with Gasteiger partial charge in [-0.25, -0.2) is 9.78 Å². The van der Waals surface area contributed by atoms with E-state index in [4.69, 9.17) is 25.2 Å². The maximum Gasteiger partial charge on any atom is 0.336 e. The maximum atomic E-state index is 12.1. The van der Waals surface area contributed by atoms with Gasteiger partial charge in [0.25, 0.3) is 0 Å². The lowest BCUT2D eigenvalue weighted by Gasteiger charge is -2.04. The molecule has 0 aliphatic rings. The number of oxazole rings is 1. The maximum absolute atomic E-state index is 12.1. The Labute approximate surface area is 164 Å². The van der Waals surface area contributed by atoms with Crippen LogP contribution in [0.1, 0.15) is 12.3 Å². The van der Waals surface area contributed by atoms with Crippen LogP contribution in [0.2, 0.25) is 5.02 Å². The van der Waals surface area contributed by atoms with Crippen LogP contribution in [0.5, 0.6) is 5.75 Å². The van der Waals surface area contributed by atoms with Crippen LogP contribution in [0, 0.1) is 0 Å². The summed E-state index contributed by atoms with van der Waals surface area (Å²) in [7, 11) is 0. The molecule has 4 rings (SSSR count). The number of rotatable bonds is 5. The SMILES string of the molecule is O=C(CCc1ncc(-c2ccc(Cl)cc2)o1)Oc1ccc2ccc(=O)oc2c1. The van der Waals surface area contributed by atoms with E-state index in [-0.39, 0.29) is 6.42 Å². The van der Waals surface area contributed by atoms with Crippen LogP contribution in [0.25, 0.3) is 22.3 Å². The van der Waals surface area contributed by atoms with Gasteiger partial charge in [0, 0.05) is 34.5 Å². The lowest BCUT2D eigenvalue weighted by molar-refractivity contribution is -0.134. The van der Waals surface area contributed by atoms with Gasteiger partial charge in [-0.2, -0.15) is 0 Å². The number of benzene rings is 2. The van der Waals surface area contributed by atoms with E-state index in [0.717, 1.165) is 10.9 Å². The average Bonchev–Trinajstić information content (AvgIpc) is 3.16. The number of aryl methyl sites for hydroxylation is 1. The molecule has 0 N–H and O–H groups in total. The molecule has 0 aliphatic heterocycles. The molecule has 0 saturated carbocycles. The number of halogens is 1. The van der Waals surface area contributed by atoms with E-state index in [1.165, 1.54) is 12.1 Å². The van der Waals surface area contributed by atoms with Crippen LogP contribution in [-0.2, 0) is 11.2 Å². The number of aromatic nitrogens is 1. The summed E-state index contributed by atoms with van der Waals surface area (Å²) in [5.41, 5.74) is 0.748. The van der Waals surface area contributed by atoms with Gasteiger partial charge in [0.05, 0.1) is 12.6 Å². The standard InChI is InChI=1S/C21H14ClNO5/c22-15-5-1-14(2-6-15)18-12-23-19(27-18)8-10-20(24)26-16-7-3-13-4-9-21(25)28-17(13)11-16/h1-7,9,11-12H,8,10H2. The van der Waals surface area contributed by atoms with Gasteiger partial charge in [-0.3, -0.25) is 4.79 Å². The number of carbonyl (C=O) groups is 1. The van der Waals surface area contributed by atoms with Crippen LogP contribution in [0.4, 0.5) is 0 Å². The highest BCUT2D eigenvalue weighted by atomic mass is 35.5. The number of hydrogen-bond acceptors (Lipinski definition) is 6. The Morgan fingerprint density at radius 2 is 1.82 bits per heavy atom. The molecule has 0 aliphatic carbocycles. The van der Waals surface area contributed by atoms with Crippen molar-refractivity contribution in [1.29, 1.82) is 0 Å². The second-order valence-electron chi connectivity index (χ2n) is 6.05. The van der Waals surface area contributed by atoms with Gasteiger partial charge in [0.15, 0.2) is 11.7 Å². The fourth-order valence-electron chi connectivity index (χ4n) is 2.67.